The lowest BCUT2D eigenvalue weighted by Gasteiger charge is -2.16. The van der Waals surface area contributed by atoms with Crippen molar-refractivity contribution in [1.82, 2.24) is 29.7 Å². The molecule has 0 saturated carbocycles. The number of aryl methyl sites for hydroxylation is 3. The fourth-order valence-electron chi connectivity index (χ4n) is 3.28. The molecule has 0 aliphatic heterocycles. The number of pyridine rings is 1. The maximum absolute atomic E-state index is 12.2. The first kappa shape index (κ1) is 35.1. The highest BCUT2D eigenvalue weighted by Gasteiger charge is 2.21. The molecule has 0 N–H and O–H groups in total. The normalized spacial score (nSPS) is 9.23. The van der Waals surface area contributed by atoms with Crippen molar-refractivity contribution >= 4 is 0 Å². The standard InChI is InChI=1S/C17H18N4O2.C7H9FN2.3C2H6/c1-11-7-5-8-14(23-4)16(11)21-12(2)19-20-17(21)15-13(22-3)9-6-10-18-15;1-2-3-7-9-4-6(8)5-10-7;3*1-2/h5-10H,1-4H3;4-5H,2-3H2,1H3;3*1-2H3. The summed E-state index contributed by atoms with van der Waals surface area (Å²) in [4.78, 5) is 12.0. The van der Waals surface area contributed by atoms with Crippen LogP contribution in [0.4, 0.5) is 4.39 Å². The van der Waals surface area contributed by atoms with Crippen LogP contribution in [0, 0.1) is 19.7 Å². The van der Waals surface area contributed by atoms with E-state index >= 15 is 0 Å². The highest BCUT2D eigenvalue weighted by molar-refractivity contribution is 5.65. The van der Waals surface area contributed by atoms with Gasteiger partial charge in [-0.2, -0.15) is 0 Å². The van der Waals surface area contributed by atoms with Gasteiger partial charge in [0.25, 0.3) is 0 Å². The van der Waals surface area contributed by atoms with Gasteiger partial charge in [0.2, 0.25) is 0 Å². The number of halogens is 1. The first-order valence-corrected chi connectivity index (χ1v) is 13.5. The predicted octanol–water partition coefficient (Wildman–Crippen LogP) is 7.61. The minimum Gasteiger partial charge on any atom is -0.495 e. The molecule has 0 aliphatic rings. The molecule has 214 valence electrons. The molecule has 39 heavy (non-hydrogen) atoms. The number of rotatable bonds is 6. The van der Waals surface area contributed by atoms with E-state index in [-0.39, 0.29) is 5.82 Å². The summed E-state index contributed by atoms with van der Waals surface area (Å²) in [6, 6.07) is 9.58. The van der Waals surface area contributed by atoms with E-state index in [9.17, 15) is 4.39 Å². The number of aromatic nitrogens is 6. The molecule has 0 aliphatic carbocycles. The minimum atomic E-state index is -0.375. The van der Waals surface area contributed by atoms with Crippen LogP contribution in [0.1, 0.15) is 72.1 Å². The van der Waals surface area contributed by atoms with Gasteiger partial charge in [0.15, 0.2) is 11.6 Å². The van der Waals surface area contributed by atoms with E-state index in [0.717, 1.165) is 35.7 Å². The summed E-state index contributed by atoms with van der Waals surface area (Å²) >= 11 is 0. The molecule has 1 aromatic carbocycles. The van der Waals surface area contributed by atoms with Crippen LogP contribution in [0.5, 0.6) is 11.5 Å². The molecule has 4 aromatic rings. The summed E-state index contributed by atoms with van der Waals surface area (Å²) in [7, 11) is 3.27. The number of benzene rings is 1. The smallest absolute Gasteiger partial charge is 0.191 e. The van der Waals surface area contributed by atoms with Gasteiger partial charge in [0.1, 0.15) is 28.8 Å². The lowest BCUT2D eigenvalue weighted by atomic mass is 10.1. The van der Waals surface area contributed by atoms with E-state index in [1.807, 2.05) is 97.2 Å². The largest absolute Gasteiger partial charge is 0.495 e. The van der Waals surface area contributed by atoms with Gasteiger partial charge in [-0.15, -0.1) is 10.2 Å². The van der Waals surface area contributed by atoms with Gasteiger partial charge in [-0.05, 0) is 44.0 Å². The summed E-state index contributed by atoms with van der Waals surface area (Å²) in [5, 5.41) is 8.53. The molecule has 0 amide bonds. The Morgan fingerprint density at radius 3 is 1.95 bits per heavy atom. The maximum atomic E-state index is 12.2. The molecule has 0 atom stereocenters. The summed E-state index contributed by atoms with van der Waals surface area (Å²) < 4.78 is 25.1. The topological polar surface area (TPSA) is 87.8 Å². The molecular formula is C30H45FN6O2. The second kappa shape index (κ2) is 20.1. The second-order valence-electron chi connectivity index (χ2n) is 7.15. The van der Waals surface area contributed by atoms with Crippen LogP contribution >= 0.6 is 0 Å². The molecule has 0 saturated heterocycles. The summed E-state index contributed by atoms with van der Waals surface area (Å²) in [6.07, 6.45) is 5.91. The van der Waals surface area contributed by atoms with E-state index in [2.05, 4.69) is 25.1 Å². The van der Waals surface area contributed by atoms with E-state index in [1.54, 1.807) is 20.4 Å². The highest BCUT2D eigenvalue weighted by atomic mass is 19.1. The van der Waals surface area contributed by atoms with Gasteiger partial charge in [-0.1, -0.05) is 60.6 Å². The monoisotopic (exact) mass is 540 g/mol. The first-order chi connectivity index (χ1) is 19.0. The van der Waals surface area contributed by atoms with Crippen molar-refractivity contribution in [3.8, 4) is 28.7 Å². The Hall–Kier alpha value is -3.88. The third-order valence-corrected chi connectivity index (χ3v) is 4.82. The molecule has 3 heterocycles. The fraction of sp³-hybridized carbons (Fsp3) is 0.433. The molecule has 0 radical (unpaired) electrons. The third-order valence-electron chi connectivity index (χ3n) is 4.82. The molecule has 0 fully saturated rings. The van der Waals surface area contributed by atoms with E-state index < -0.39 is 0 Å². The van der Waals surface area contributed by atoms with Crippen LogP contribution in [-0.2, 0) is 6.42 Å². The Morgan fingerprint density at radius 2 is 1.38 bits per heavy atom. The van der Waals surface area contributed by atoms with Crippen LogP contribution in [0.25, 0.3) is 17.2 Å². The Bertz CT molecular complexity index is 1200. The van der Waals surface area contributed by atoms with E-state index in [4.69, 9.17) is 9.47 Å². The number of ether oxygens (including phenoxy) is 2. The molecule has 4 rings (SSSR count). The third kappa shape index (κ3) is 10.1. The van der Waals surface area contributed by atoms with Crippen LogP contribution in [-0.4, -0.2) is 43.9 Å². The first-order valence-electron chi connectivity index (χ1n) is 13.5. The lowest BCUT2D eigenvalue weighted by molar-refractivity contribution is 0.411. The van der Waals surface area contributed by atoms with Crippen molar-refractivity contribution in [1.29, 1.82) is 0 Å². The van der Waals surface area contributed by atoms with Gasteiger partial charge in [0, 0.05) is 12.6 Å². The van der Waals surface area contributed by atoms with Crippen molar-refractivity contribution < 1.29 is 13.9 Å². The van der Waals surface area contributed by atoms with Crippen molar-refractivity contribution in [2.45, 2.75) is 75.2 Å². The second-order valence-corrected chi connectivity index (χ2v) is 7.15. The Balaban J connectivity index is 0.000000756. The van der Waals surface area contributed by atoms with Crippen LogP contribution in [0.2, 0.25) is 0 Å². The van der Waals surface area contributed by atoms with Gasteiger partial charge < -0.3 is 9.47 Å². The number of methoxy groups -OCH3 is 2. The summed E-state index contributed by atoms with van der Waals surface area (Å²) in [6.45, 7) is 18.0. The molecule has 9 heteroatoms. The molecule has 8 nitrogen and oxygen atoms in total. The average Bonchev–Trinajstić information content (AvgIpc) is 3.38. The maximum Gasteiger partial charge on any atom is 0.191 e. The van der Waals surface area contributed by atoms with Gasteiger partial charge in [0.05, 0.1) is 32.3 Å². The molecule has 3 aromatic heterocycles. The lowest BCUT2D eigenvalue weighted by Crippen LogP contribution is -2.06. The van der Waals surface area contributed by atoms with Gasteiger partial charge >= 0.3 is 0 Å². The van der Waals surface area contributed by atoms with Crippen LogP contribution in [0.3, 0.4) is 0 Å². The van der Waals surface area contributed by atoms with Gasteiger partial charge in [-0.3, -0.25) is 4.57 Å². The van der Waals surface area contributed by atoms with Crippen LogP contribution < -0.4 is 9.47 Å². The highest BCUT2D eigenvalue weighted by Crippen LogP contribution is 2.33. The molecule has 0 unspecified atom stereocenters. The Morgan fingerprint density at radius 1 is 0.795 bits per heavy atom. The predicted molar refractivity (Wildman–Crippen MR) is 157 cm³/mol. The number of hydrogen-bond acceptors (Lipinski definition) is 7. The summed E-state index contributed by atoms with van der Waals surface area (Å²) in [5.74, 6) is 3.11. The van der Waals surface area contributed by atoms with Crippen molar-refractivity contribution in [3.63, 3.8) is 0 Å². The molecule has 0 bridgehead atoms. The Kier molecular flexibility index (Phi) is 18.1. The van der Waals surface area contributed by atoms with Crippen LogP contribution in [0.15, 0.2) is 48.9 Å². The fourth-order valence-corrected chi connectivity index (χ4v) is 3.28. The van der Waals surface area contributed by atoms with E-state index in [0.29, 0.717) is 23.1 Å². The number of hydrogen-bond donors (Lipinski definition) is 0. The zero-order chi connectivity index (χ0) is 29.8. The quantitative estimate of drug-likeness (QED) is 0.249. The zero-order valence-corrected chi connectivity index (χ0v) is 25.4. The zero-order valence-electron chi connectivity index (χ0n) is 25.4. The molecular weight excluding hydrogens is 495 g/mol. The number of nitrogens with zero attached hydrogens (tertiary/aromatic N) is 6. The minimum absolute atomic E-state index is 0.375. The molecule has 0 spiro atoms. The number of para-hydroxylation sites is 1. The van der Waals surface area contributed by atoms with Crippen molar-refractivity contribution in [2.75, 3.05) is 14.2 Å². The van der Waals surface area contributed by atoms with E-state index in [1.165, 1.54) is 12.4 Å². The SMILES string of the molecule is CC.CC.CC.CCCc1ncc(F)cn1.COc1cccnc1-c1nnc(C)n1-c1c(C)cccc1OC. The Labute approximate surface area is 233 Å². The summed E-state index contributed by atoms with van der Waals surface area (Å²) in [5.41, 5.74) is 2.60. The average molecular weight is 541 g/mol. The van der Waals surface area contributed by atoms with Crippen molar-refractivity contribution in [3.05, 3.63) is 72.0 Å². The van der Waals surface area contributed by atoms with Crippen molar-refractivity contribution in [2.24, 2.45) is 0 Å². The van der Waals surface area contributed by atoms with Gasteiger partial charge in [-0.25, -0.2) is 19.3 Å².